The van der Waals surface area contributed by atoms with Gasteiger partial charge >= 0.3 is 0 Å². The molecule has 0 amide bonds. The third kappa shape index (κ3) is 3.04. The molecular formula is C12H21N. The lowest BCUT2D eigenvalue weighted by molar-refractivity contribution is 0.251. The first-order valence-corrected chi connectivity index (χ1v) is 5.47. The molecule has 0 spiro atoms. The van der Waals surface area contributed by atoms with Crippen LogP contribution in [0, 0.1) is 24.2 Å². The zero-order valence-corrected chi connectivity index (χ0v) is 8.84. The molecule has 1 aliphatic rings. The van der Waals surface area contributed by atoms with Crippen molar-refractivity contribution in [3.05, 3.63) is 0 Å². The minimum Gasteiger partial charge on any atom is -0.304 e. The summed E-state index contributed by atoms with van der Waals surface area (Å²) in [6.07, 6.45) is 10.9. The molecule has 0 aliphatic heterocycles. The van der Waals surface area contributed by atoms with Crippen molar-refractivity contribution in [2.45, 2.75) is 45.6 Å². The van der Waals surface area contributed by atoms with Crippen molar-refractivity contribution in [3.8, 4) is 12.3 Å². The molecule has 1 saturated carbocycles. The Balaban J connectivity index is 2.43. The van der Waals surface area contributed by atoms with Crippen LogP contribution >= 0.6 is 0 Å². The molecular weight excluding hydrogens is 158 g/mol. The van der Waals surface area contributed by atoms with E-state index in [4.69, 9.17) is 6.42 Å². The van der Waals surface area contributed by atoms with Crippen molar-refractivity contribution in [1.29, 1.82) is 0 Å². The Morgan fingerprint density at radius 2 is 2.31 bits per heavy atom. The highest BCUT2D eigenvalue weighted by atomic mass is 14.9. The van der Waals surface area contributed by atoms with E-state index >= 15 is 0 Å². The smallest absolute Gasteiger partial charge is 0.0715 e. The fourth-order valence-corrected chi connectivity index (χ4v) is 2.37. The van der Waals surface area contributed by atoms with Crippen LogP contribution in [-0.4, -0.2) is 12.6 Å². The van der Waals surface area contributed by atoms with Crippen LogP contribution in [0.3, 0.4) is 0 Å². The van der Waals surface area contributed by atoms with Crippen LogP contribution in [0.2, 0.25) is 0 Å². The summed E-state index contributed by atoms with van der Waals surface area (Å²) in [7, 11) is 0. The van der Waals surface area contributed by atoms with E-state index in [9.17, 15) is 0 Å². The number of nitrogens with one attached hydrogen (secondary N) is 1. The van der Waals surface area contributed by atoms with Crippen LogP contribution in [0.4, 0.5) is 0 Å². The van der Waals surface area contributed by atoms with Gasteiger partial charge in [-0.15, -0.1) is 6.42 Å². The molecule has 1 heteroatoms. The maximum Gasteiger partial charge on any atom is 0.0715 e. The van der Waals surface area contributed by atoms with E-state index < -0.39 is 0 Å². The van der Waals surface area contributed by atoms with E-state index in [1.807, 2.05) is 0 Å². The topological polar surface area (TPSA) is 12.0 Å². The van der Waals surface area contributed by atoms with Crippen molar-refractivity contribution >= 4 is 0 Å². The highest BCUT2D eigenvalue weighted by molar-refractivity contribution is 5.02. The largest absolute Gasteiger partial charge is 0.304 e. The lowest BCUT2D eigenvalue weighted by atomic mass is 9.79. The lowest BCUT2D eigenvalue weighted by Crippen LogP contribution is -2.37. The highest BCUT2D eigenvalue weighted by Gasteiger charge is 2.24. The summed E-state index contributed by atoms with van der Waals surface area (Å²) in [5, 5.41) is 3.39. The summed E-state index contributed by atoms with van der Waals surface area (Å²) in [5.74, 6) is 4.47. The molecule has 0 saturated heterocycles. The third-order valence-electron chi connectivity index (χ3n) is 3.05. The normalized spacial score (nSPS) is 30.8. The van der Waals surface area contributed by atoms with E-state index in [-0.39, 0.29) is 0 Å². The Kier molecular flexibility index (Phi) is 4.32. The maximum absolute atomic E-state index is 5.52. The Hall–Kier alpha value is -0.480. The summed E-state index contributed by atoms with van der Waals surface area (Å²) in [6.45, 7) is 5.45. The Bertz CT molecular complexity index is 180. The van der Waals surface area contributed by atoms with Crippen LogP contribution in [0.5, 0.6) is 0 Å². The van der Waals surface area contributed by atoms with Gasteiger partial charge in [0, 0.05) is 0 Å². The molecule has 74 valence electrons. The van der Waals surface area contributed by atoms with Gasteiger partial charge in [0.25, 0.3) is 0 Å². The summed E-state index contributed by atoms with van der Waals surface area (Å²) in [6, 6.07) is 0.313. The van der Waals surface area contributed by atoms with Crippen molar-refractivity contribution in [2.75, 3.05) is 6.54 Å². The SMILES string of the molecule is C#CC(NCC)C1CCCC(C)C1. The van der Waals surface area contributed by atoms with Crippen LogP contribution in [0.1, 0.15) is 39.5 Å². The molecule has 3 unspecified atom stereocenters. The molecule has 1 nitrogen and oxygen atoms in total. The molecule has 0 aromatic carbocycles. The molecule has 3 atom stereocenters. The van der Waals surface area contributed by atoms with Crippen molar-refractivity contribution in [1.82, 2.24) is 5.32 Å². The molecule has 1 fully saturated rings. The Morgan fingerprint density at radius 3 is 2.85 bits per heavy atom. The van der Waals surface area contributed by atoms with Gasteiger partial charge in [0.1, 0.15) is 0 Å². The number of hydrogen-bond acceptors (Lipinski definition) is 1. The monoisotopic (exact) mass is 179 g/mol. The summed E-state index contributed by atoms with van der Waals surface area (Å²) >= 11 is 0. The first-order chi connectivity index (χ1) is 6.27. The van der Waals surface area contributed by atoms with Gasteiger partial charge in [-0.2, -0.15) is 0 Å². The second-order valence-electron chi connectivity index (χ2n) is 4.23. The van der Waals surface area contributed by atoms with Gasteiger partial charge < -0.3 is 5.32 Å². The van der Waals surface area contributed by atoms with E-state index in [0.29, 0.717) is 12.0 Å². The van der Waals surface area contributed by atoms with Crippen LogP contribution in [0.15, 0.2) is 0 Å². The minimum atomic E-state index is 0.313. The molecule has 0 aromatic rings. The fourth-order valence-electron chi connectivity index (χ4n) is 2.37. The van der Waals surface area contributed by atoms with Gasteiger partial charge in [0.05, 0.1) is 6.04 Å². The average molecular weight is 179 g/mol. The van der Waals surface area contributed by atoms with Crippen molar-refractivity contribution in [3.63, 3.8) is 0 Å². The standard InChI is InChI=1S/C12H21N/c1-4-12(13-5-2)11-8-6-7-10(3)9-11/h1,10-13H,5-9H2,2-3H3. The molecule has 1 rings (SSSR count). The average Bonchev–Trinajstić information content (AvgIpc) is 2.14. The molecule has 13 heavy (non-hydrogen) atoms. The predicted molar refractivity (Wildman–Crippen MR) is 57.4 cm³/mol. The van der Waals surface area contributed by atoms with E-state index in [1.165, 1.54) is 25.7 Å². The van der Waals surface area contributed by atoms with E-state index in [2.05, 4.69) is 25.1 Å². The van der Waals surface area contributed by atoms with Crippen LogP contribution < -0.4 is 5.32 Å². The number of hydrogen-bond donors (Lipinski definition) is 1. The van der Waals surface area contributed by atoms with Gasteiger partial charge in [0.15, 0.2) is 0 Å². The summed E-state index contributed by atoms with van der Waals surface area (Å²) < 4.78 is 0. The molecule has 0 radical (unpaired) electrons. The second-order valence-corrected chi connectivity index (χ2v) is 4.23. The van der Waals surface area contributed by atoms with Gasteiger partial charge in [-0.3, -0.25) is 0 Å². The Morgan fingerprint density at radius 1 is 1.54 bits per heavy atom. The van der Waals surface area contributed by atoms with Gasteiger partial charge in [0.2, 0.25) is 0 Å². The predicted octanol–water partition coefficient (Wildman–Crippen LogP) is 2.42. The van der Waals surface area contributed by atoms with Crippen LogP contribution in [-0.2, 0) is 0 Å². The first-order valence-electron chi connectivity index (χ1n) is 5.47. The first kappa shape index (κ1) is 10.6. The molecule has 0 aromatic heterocycles. The van der Waals surface area contributed by atoms with E-state index in [0.717, 1.165) is 12.5 Å². The Labute approximate surface area is 82.3 Å². The minimum absolute atomic E-state index is 0.313. The zero-order valence-electron chi connectivity index (χ0n) is 8.84. The van der Waals surface area contributed by atoms with Gasteiger partial charge in [-0.05, 0) is 31.2 Å². The lowest BCUT2D eigenvalue weighted by Gasteiger charge is -2.30. The molecule has 0 bridgehead atoms. The maximum atomic E-state index is 5.52. The summed E-state index contributed by atoms with van der Waals surface area (Å²) in [4.78, 5) is 0. The highest BCUT2D eigenvalue weighted by Crippen LogP contribution is 2.30. The van der Waals surface area contributed by atoms with Gasteiger partial charge in [-0.1, -0.05) is 32.6 Å². The third-order valence-corrected chi connectivity index (χ3v) is 3.05. The van der Waals surface area contributed by atoms with E-state index in [1.54, 1.807) is 0 Å². The number of rotatable bonds is 3. The zero-order chi connectivity index (χ0) is 9.68. The molecule has 1 aliphatic carbocycles. The quantitative estimate of drug-likeness (QED) is 0.656. The fraction of sp³-hybridized carbons (Fsp3) is 0.833. The van der Waals surface area contributed by atoms with Gasteiger partial charge in [-0.25, -0.2) is 0 Å². The van der Waals surface area contributed by atoms with Crippen molar-refractivity contribution in [2.24, 2.45) is 11.8 Å². The summed E-state index contributed by atoms with van der Waals surface area (Å²) in [5.41, 5.74) is 0. The number of terminal acetylenes is 1. The van der Waals surface area contributed by atoms with Crippen LogP contribution in [0.25, 0.3) is 0 Å². The second kappa shape index (κ2) is 5.29. The molecule has 1 N–H and O–H groups in total. The molecule has 0 heterocycles. The van der Waals surface area contributed by atoms with Crippen molar-refractivity contribution < 1.29 is 0 Å².